The first-order valence-electron chi connectivity index (χ1n) is 8.50. The molecule has 0 aliphatic carbocycles. The van der Waals surface area contributed by atoms with Crippen molar-refractivity contribution >= 4 is 22.8 Å². The molecule has 134 valence electrons. The summed E-state index contributed by atoms with van der Waals surface area (Å²) in [6.45, 7) is 1.20. The van der Waals surface area contributed by atoms with Crippen LogP contribution in [-0.4, -0.2) is 64.3 Å². The third kappa shape index (κ3) is 3.17. The van der Waals surface area contributed by atoms with Crippen molar-refractivity contribution in [2.24, 2.45) is 0 Å². The number of rotatable bonds is 4. The lowest BCUT2D eigenvalue weighted by Gasteiger charge is -2.17. The minimum atomic E-state index is -0.0747. The maximum absolute atomic E-state index is 12.7. The smallest absolute Gasteiger partial charge is 0.254 e. The van der Waals surface area contributed by atoms with Gasteiger partial charge in [0, 0.05) is 38.7 Å². The molecule has 0 bridgehead atoms. The van der Waals surface area contributed by atoms with Crippen LogP contribution in [0.5, 0.6) is 5.88 Å². The van der Waals surface area contributed by atoms with Gasteiger partial charge < -0.3 is 19.5 Å². The molecule has 1 aromatic carbocycles. The van der Waals surface area contributed by atoms with Gasteiger partial charge in [-0.25, -0.2) is 4.98 Å². The van der Waals surface area contributed by atoms with Gasteiger partial charge in [0.25, 0.3) is 5.91 Å². The molecule has 3 aromatic rings. The second-order valence-corrected chi connectivity index (χ2v) is 6.54. The van der Waals surface area contributed by atoms with Crippen LogP contribution in [0.15, 0.2) is 36.7 Å². The SMILES string of the molecule is CN(C)c1ccc(OC2CCN(C(=O)c3ccc4nc[nH]c4c3)C2)nn1. The second-order valence-electron chi connectivity index (χ2n) is 6.54. The third-order valence-electron chi connectivity index (χ3n) is 4.47. The molecule has 3 heterocycles. The number of H-pyrrole nitrogens is 1. The normalized spacial score (nSPS) is 16.8. The standard InChI is InChI=1S/C18H20N6O2/c1-23(2)16-5-6-17(22-21-16)26-13-7-8-24(10-13)18(25)12-3-4-14-15(9-12)20-11-19-14/h3-6,9,11,13H,7-8,10H2,1-2H3,(H,19,20). The van der Waals surface area contributed by atoms with Crippen LogP contribution in [0.3, 0.4) is 0 Å². The highest BCUT2D eigenvalue weighted by molar-refractivity contribution is 5.97. The van der Waals surface area contributed by atoms with Gasteiger partial charge in [-0.15, -0.1) is 10.2 Å². The minimum Gasteiger partial charge on any atom is -0.471 e. The number of carbonyl (C=O) groups excluding carboxylic acids is 1. The number of hydrogen-bond acceptors (Lipinski definition) is 6. The molecule has 1 fully saturated rings. The lowest BCUT2D eigenvalue weighted by Crippen LogP contribution is -2.31. The van der Waals surface area contributed by atoms with Crippen molar-refractivity contribution in [3.05, 3.63) is 42.2 Å². The number of aromatic amines is 1. The van der Waals surface area contributed by atoms with E-state index in [-0.39, 0.29) is 12.0 Å². The molecular weight excluding hydrogens is 332 g/mol. The second kappa shape index (κ2) is 6.62. The molecule has 1 N–H and O–H groups in total. The van der Waals surface area contributed by atoms with Crippen LogP contribution in [0.1, 0.15) is 16.8 Å². The lowest BCUT2D eigenvalue weighted by molar-refractivity contribution is 0.0771. The molecule has 0 saturated carbocycles. The number of imidazole rings is 1. The molecule has 2 aromatic heterocycles. The summed E-state index contributed by atoms with van der Waals surface area (Å²) in [7, 11) is 3.82. The number of carbonyl (C=O) groups is 1. The molecule has 0 radical (unpaired) electrons. The van der Waals surface area contributed by atoms with Gasteiger partial charge in [0.05, 0.1) is 23.9 Å². The van der Waals surface area contributed by atoms with E-state index in [0.717, 1.165) is 23.3 Å². The number of nitrogens with one attached hydrogen (secondary N) is 1. The van der Waals surface area contributed by atoms with E-state index in [4.69, 9.17) is 4.74 Å². The zero-order valence-corrected chi connectivity index (χ0v) is 14.7. The van der Waals surface area contributed by atoms with Crippen molar-refractivity contribution in [1.29, 1.82) is 0 Å². The average molecular weight is 352 g/mol. The number of benzene rings is 1. The van der Waals surface area contributed by atoms with Crippen LogP contribution < -0.4 is 9.64 Å². The number of nitrogens with zero attached hydrogens (tertiary/aromatic N) is 5. The van der Waals surface area contributed by atoms with Gasteiger partial charge in [-0.05, 0) is 24.3 Å². The fourth-order valence-corrected chi connectivity index (χ4v) is 3.05. The Morgan fingerprint density at radius 1 is 1.27 bits per heavy atom. The van der Waals surface area contributed by atoms with E-state index < -0.39 is 0 Å². The van der Waals surface area contributed by atoms with E-state index in [1.54, 1.807) is 12.4 Å². The Labute approximate surface area is 150 Å². The first-order chi connectivity index (χ1) is 12.6. The van der Waals surface area contributed by atoms with Crippen LogP contribution in [0.25, 0.3) is 11.0 Å². The van der Waals surface area contributed by atoms with E-state index in [1.807, 2.05) is 48.2 Å². The largest absolute Gasteiger partial charge is 0.471 e. The van der Waals surface area contributed by atoms with E-state index in [9.17, 15) is 4.79 Å². The molecule has 4 rings (SSSR count). The highest BCUT2D eigenvalue weighted by atomic mass is 16.5. The molecule has 1 saturated heterocycles. The van der Waals surface area contributed by atoms with Gasteiger partial charge in [0.15, 0.2) is 5.82 Å². The summed E-state index contributed by atoms with van der Waals surface area (Å²) < 4.78 is 5.88. The summed E-state index contributed by atoms with van der Waals surface area (Å²) in [6, 6.07) is 9.17. The Morgan fingerprint density at radius 2 is 2.15 bits per heavy atom. The van der Waals surface area contributed by atoms with E-state index in [2.05, 4.69) is 20.2 Å². The van der Waals surface area contributed by atoms with Crippen LogP contribution >= 0.6 is 0 Å². The quantitative estimate of drug-likeness (QED) is 0.769. The van der Waals surface area contributed by atoms with Crippen molar-refractivity contribution in [3.63, 3.8) is 0 Å². The molecule has 1 aliphatic heterocycles. The van der Waals surface area contributed by atoms with Gasteiger partial charge in [0.1, 0.15) is 6.10 Å². The van der Waals surface area contributed by atoms with Gasteiger partial charge >= 0.3 is 0 Å². The molecule has 1 amide bonds. The van der Waals surface area contributed by atoms with Crippen LogP contribution in [0.4, 0.5) is 5.82 Å². The highest BCUT2D eigenvalue weighted by Crippen LogP contribution is 2.20. The number of hydrogen-bond donors (Lipinski definition) is 1. The Morgan fingerprint density at radius 3 is 2.92 bits per heavy atom. The summed E-state index contributed by atoms with van der Waals surface area (Å²) >= 11 is 0. The number of aromatic nitrogens is 4. The fraction of sp³-hybridized carbons (Fsp3) is 0.333. The van der Waals surface area contributed by atoms with E-state index in [1.165, 1.54) is 0 Å². The molecule has 8 nitrogen and oxygen atoms in total. The predicted octanol–water partition coefficient (Wildman–Crippen LogP) is 1.71. The minimum absolute atomic E-state index is 0.00152. The van der Waals surface area contributed by atoms with Crippen molar-refractivity contribution in [3.8, 4) is 5.88 Å². The fourth-order valence-electron chi connectivity index (χ4n) is 3.05. The first-order valence-corrected chi connectivity index (χ1v) is 8.50. The molecule has 0 spiro atoms. The average Bonchev–Trinajstić information content (AvgIpc) is 3.30. The van der Waals surface area contributed by atoms with Gasteiger partial charge in [0.2, 0.25) is 5.88 Å². The van der Waals surface area contributed by atoms with E-state index in [0.29, 0.717) is 24.5 Å². The van der Waals surface area contributed by atoms with Crippen molar-refractivity contribution in [1.82, 2.24) is 25.1 Å². The van der Waals surface area contributed by atoms with Crippen molar-refractivity contribution in [2.45, 2.75) is 12.5 Å². The third-order valence-corrected chi connectivity index (χ3v) is 4.47. The zero-order valence-electron chi connectivity index (χ0n) is 14.7. The van der Waals surface area contributed by atoms with Gasteiger partial charge in [-0.2, -0.15) is 0 Å². The molecule has 1 aliphatic rings. The first kappa shape index (κ1) is 16.3. The Bertz CT molecular complexity index is 921. The summed E-state index contributed by atoms with van der Waals surface area (Å²) in [6.07, 6.45) is 2.32. The maximum atomic E-state index is 12.7. The van der Waals surface area contributed by atoms with Gasteiger partial charge in [-0.3, -0.25) is 4.79 Å². The summed E-state index contributed by atoms with van der Waals surface area (Å²) in [5, 5.41) is 8.20. The predicted molar refractivity (Wildman–Crippen MR) is 97.4 cm³/mol. The number of ether oxygens (including phenoxy) is 1. The Kier molecular flexibility index (Phi) is 4.16. The molecule has 8 heteroatoms. The number of fused-ring (bicyclic) bond motifs is 1. The van der Waals surface area contributed by atoms with Crippen LogP contribution in [0.2, 0.25) is 0 Å². The molecule has 26 heavy (non-hydrogen) atoms. The summed E-state index contributed by atoms with van der Waals surface area (Å²) in [5.74, 6) is 1.25. The van der Waals surface area contributed by atoms with Crippen LogP contribution in [-0.2, 0) is 0 Å². The lowest BCUT2D eigenvalue weighted by atomic mass is 10.2. The van der Waals surface area contributed by atoms with Crippen LogP contribution in [0, 0.1) is 0 Å². The zero-order chi connectivity index (χ0) is 18.1. The number of amides is 1. The monoisotopic (exact) mass is 352 g/mol. The van der Waals surface area contributed by atoms with Crippen molar-refractivity contribution in [2.75, 3.05) is 32.1 Å². The molecular formula is C18H20N6O2. The number of likely N-dealkylation sites (tertiary alicyclic amines) is 1. The molecule has 1 unspecified atom stereocenters. The summed E-state index contributed by atoms with van der Waals surface area (Å²) in [4.78, 5) is 23.6. The topological polar surface area (TPSA) is 87.2 Å². The maximum Gasteiger partial charge on any atom is 0.254 e. The Balaban J connectivity index is 1.40. The Hall–Kier alpha value is -3.16. The summed E-state index contributed by atoms with van der Waals surface area (Å²) in [5.41, 5.74) is 2.36. The number of anilines is 1. The highest BCUT2D eigenvalue weighted by Gasteiger charge is 2.28. The van der Waals surface area contributed by atoms with Gasteiger partial charge in [-0.1, -0.05) is 0 Å². The van der Waals surface area contributed by atoms with E-state index >= 15 is 0 Å². The van der Waals surface area contributed by atoms with Crippen molar-refractivity contribution < 1.29 is 9.53 Å². The molecule has 1 atom stereocenters.